The molecular formula is C18H19BrClN3O3S. The standard InChI is InChI=1S/C18H19BrClN3O3S/c19-14-6-4-13(5-7-14)12-23(16-3-1-2-10-21-18(16)24)27(25,26)15-8-9-17(20)22-11-15/h4-9,11,16H,1-3,10,12H2,(H,21,24)/t16-/m1/s1. The number of hydrogen-bond donors (Lipinski definition) is 1. The lowest BCUT2D eigenvalue weighted by Crippen LogP contribution is -2.48. The third kappa shape index (κ3) is 4.87. The highest BCUT2D eigenvalue weighted by atomic mass is 79.9. The molecule has 1 aromatic carbocycles. The molecule has 0 unspecified atom stereocenters. The van der Waals surface area contributed by atoms with Crippen molar-refractivity contribution in [3.8, 4) is 0 Å². The average molecular weight is 473 g/mol. The highest BCUT2D eigenvalue weighted by Gasteiger charge is 2.36. The van der Waals surface area contributed by atoms with Gasteiger partial charge in [0, 0.05) is 23.8 Å². The first-order valence-corrected chi connectivity index (χ1v) is 11.1. The summed E-state index contributed by atoms with van der Waals surface area (Å²) in [6.07, 6.45) is 3.30. The Morgan fingerprint density at radius 2 is 1.93 bits per heavy atom. The van der Waals surface area contributed by atoms with E-state index in [2.05, 4.69) is 26.2 Å². The Bertz CT molecular complexity index is 904. The van der Waals surface area contributed by atoms with Crippen LogP contribution in [0.4, 0.5) is 0 Å². The molecule has 2 aromatic rings. The Kier molecular flexibility index (Phi) is 6.52. The highest BCUT2D eigenvalue weighted by molar-refractivity contribution is 9.10. The minimum absolute atomic E-state index is 0.0149. The predicted octanol–water partition coefficient (Wildman–Crippen LogP) is 3.36. The number of rotatable bonds is 5. The van der Waals surface area contributed by atoms with E-state index in [0.717, 1.165) is 22.9 Å². The summed E-state index contributed by atoms with van der Waals surface area (Å²) >= 11 is 9.17. The molecule has 3 rings (SSSR count). The molecule has 1 aromatic heterocycles. The number of aromatic nitrogens is 1. The molecule has 1 aliphatic rings. The SMILES string of the molecule is O=C1NCCCC[C@H]1N(Cc1ccc(Br)cc1)S(=O)(=O)c1ccc(Cl)nc1. The molecule has 1 amide bonds. The number of amides is 1. The van der Waals surface area contributed by atoms with E-state index >= 15 is 0 Å². The monoisotopic (exact) mass is 471 g/mol. The largest absolute Gasteiger partial charge is 0.355 e. The van der Waals surface area contributed by atoms with E-state index in [1.807, 2.05) is 24.3 Å². The number of halogens is 2. The van der Waals surface area contributed by atoms with Gasteiger partial charge in [-0.05, 0) is 49.1 Å². The molecule has 144 valence electrons. The fraction of sp³-hybridized carbons (Fsp3) is 0.333. The van der Waals surface area contributed by atoms with Gasteiger partial charge >= 0.3 is 0 Å². The Hall–Kier alpha value is -1.48. The Morgan fingerprint density at radius 3 is 2.59 bits per heavy atom. The van der Waals surface area contributed by atoms with Crippen molar-refractivity contribution in [2.75, 3.05) is 6.54 Å². The van der Waals surface area contributed by atoms with Crippen LogP contribution in [-0.2, 0) is 21.4 Å². The van der Waals surface area contributed by atoms with Gasteiger partial charge in [0.15, 0.2) is 0 Å². The van der Waals surface area contributed by atoms with Crippen LogP contribution in [0.15, 0.2) is 52.0 Å². The third-order valence-electron chi connectivity index (χ3n) is 4.41. The number of nitrogens with zero attached hydrogens (tertiary/aromatic N) is 2. The second kappa shape index (κ2) is 8.68. The van der Waals surface area contributed by atoms with Crippen molar-refractivity contribution in [2.24, 2.45) is 0 Å². The zero-order valence-electron chi connectivity index (χ0n) is 14.4. The van der Waals surface area contributed by atoms with Gasteiger partial charge in [-0.25, -0.2) is 13.4 Å². The van der Waals surface area contributed by atoms with Gasteiger partial charge in [0.1, 0.15) is 16.1 Å². The van der Waals surface area contributed by atoms with Crippen LogP contribution in [0, 0.1) is 0 Å². The first kappa shape index (κ1) is 20.3. The van der Waals surface area contributed by atoms with E-state index < -0.39 is 16.1 Å². The number of carbonyl (C=O) groups excluding carboxylic acids is 1. The molecule has 0 bridgehead atoms. The van der Waals surface area contributed by atoms with Crippen LogP contribution in [0.1, 0.15) is 24.8 Å². The quantitative estimate of drug-likeness (QED) is 0.677. The number of benzene rings is 1. The Balaban J connectivity index is 2.01. The van der Waals surface area contributed by atoms with Gasteiger partial charge in [0.05, 0.1) is 0 Å². The summed E-state index contributed by atoms with van der Waals surface area (Å²) < 4.78 is 28.8. The minimum atomic E-state index is -3.94. The third-order valence-corrected chi connectivity index (χ3v) is 7.00. The summed E-state index contributed by atoms with van der Waals surface area (Å²) in [4.78, 5) is 16.5. The average Bonchev–Trinajstić information content (AvgIpc) is 2.86. The minimum Gasteiger partial charge on any atom is -0.355 e. The topological polar surface area (TPSA) is 79.4 Å². The number of hydrogen-bond acceptors (Lipinski definition) is 4. The maximum Gasteiger partial charge on any atom is 0.245 e. The summed E-state index contributed by atoms with van der Waals surface area (Å²) in [7, 11) is -3.94. The van der Waals surface area contributed by atoms with E-state index in [1.54, 1.807) is 0 Å². The predicted molar refractivity (Wildman–Crippen MR) is 107 cm³/mol. The molecule has 1 atom stereocenters. The van der Waals surface area contributed by atoms with Gasteiger partial charge in [0.25, 0.3) is 0 Å². The molecule has 0 aliphatic carbocycles. The first-order chi connectivity index (χ1) is 12.9. The maximum atomic E-state index is 13.3. The van der Waals surface area contributed by atoms with Crippen LogP contribution in [0.2, 0.25) is 5.15 Å². The molecular weight excluding hydrogens is 454 g/mol. The van der Waals surface area contributed by atoms with Crippen molar-refractivity contribution in [1.82, 2.24) is 14.6 Å². The zero-order valence-corrected chi connectivity index (χ0v) is 17.6. The Morgan fingerprint density at radius 1 is 1.19 bits per heavy atom. The molecule has 1 saturated heterocycles. The van der Waals surface area contributed by atoms with Crippen LogP contribution in [-0.4, -0.2) is 36.2 Å². The maximum absolute atomic E-state index is 13.3. The van der Waals surface area contributed by atoms with Gasteiger partial charge in [-0.2, -0.15) is 4.31 Å². The van der Waals surface area contributed by atoms with Crippen molar-refractivity contribution < 1.29 is 13.2 Å². The van der Waals surface area contributed by atoms with Gasteiger partial charge in [-0.15, -0.1) is 0 Å². The molecule has 1 aliphatic heterocycles. The lowest BCUT2D eigenvalue weighted by molar-refractivity contribution is -0.124. The van der Waals surface area contributed by atoms with E-state index in [-0.39, 0.29) is 22.5 Å². The van der Waals surface area contributed by atoms with Crippen LogP contribution in [0.25, 0.3) is 0 Å². The molecule has 1 N–H and O–H groups in total. The fourth-order valence-electron chi connectivity index (χ4n) is 2.98. The van der Waals surface area contributed by atoms with Crippen molar-refractivity contribution in [3.63, 3.8) is 0 Å². The van der Waals surface area contributed by atoms with E-state index in [9.17, 15) is 13.2 Å². The molecule has 9 heteroatoms. The van der Waals surface area contributed by atoms with Gasteiger partial charge in [-0.1, -0.05) is 39.7 Å². The zero-order chi connectivity index (χ0) is 19.4. The summed E-state index contributed by atoms with van der Waals surface area (Å²) in [5.41, 5.74) is 0.792. The van der Waals surface area contributed by atoms with E-state index in [4.69, 9.17) is 11.6 Å². The summed E-state index contributed by atoms with van der Waals surface area (Å²) in [5.74, 6) is -0.268. The molecule has 0 spiro atoms. The second-order valence-corrected chi connectivity index (χ2v) is 9.49. The molecule has 27 heavy (non-hydrogen) atoms. The van der Waals surface area contributed by atoms with Crippen molar-refractivity contribution in [1.29, 1.82) is 0 Å². The van der Waals surface area contributed by atoms with Crippen LogP contribution in [0.3, 0.4) is 0 Å². The second-order valence-electron chi connectivity index (χ2n) is 6.30. The van der Waals surface area contributed by atoms with E-state index in [0.29, 0.717) is 13.0 Å². The molecule has 0 saturated carbocycles. The smallest absolute Gasteiger partial charge is 0.245 e. The Labute approximate surface area is 172 Å². The number of nitrogens with one attached hydrogen (secondary N) is 1. The number of pyridine rings is 1. The number of carbonyl (C=O) groups is 1. The fourth-order valence-corrected chi connectivity index (χ4v) is 4.91. The molecule has 0 radical (unpaired) electrons. The number of sulfonamides is 1. The molecule has 2 heterocycles. The lowest BCUT2D eigenvalue weighted by atomic mass is 10.1. The van der Waals surface area contributed by atoms with Crippen molar-refractivity contribution >= 4 is 43.5 Å². The van der Waals surface area contributed by atoms with Crippen LogP contribution >= 0.6 is 27.5 Å². The van der Waals surface area contributed by atoms with E-state index in [1.165, 1.54) is 22.6 Å². The molecule has 6 nitrogen and oxygen atoms in total. The molecule has 1 fully saturated rings. The summed E-state index contributed by atoms with van der Waals surface area (Å²) in [5, 5.41) is 3.02. The summed E-state index contributed by atoms with van der Waals surface area (Å²) in [6, 6.07) is 9.43. The van der Waals surface area contributed by atoms with Gasteiger partial charge in [0.2, 0.25) is 15.9 Å². The van der Waals surface area contributed by atoms with Crippen molar-refractivity contribution in [2.45, 2.75) is 36.7 Å². The summed E-state index contributed by atoms with van der Waals surface area (Å²) in [6.45, 7) is 0.653. The highest BCUT2D eigenvalue weighted by Crippen LogP contribution is 2.25. The normalized spacial score (nSPS) is 18.2. The van der Waals surface area contributed by atoms with Gasteiger partial charge in [-0.3, -0.25) is 4.79 Å². The van der Waals surface area contributed by atoms with Crippen LogP contribution < -0.4 is 5.32 Å². The first-order valence-electron chi connectivity index (χ1n) is 8.53. The van der Waals surface area contributed by atoms with Crippen LogP contribution in [0.5, 0.6) is 0 Å². The lowest BCUT2D eigenvalue weighted by Gasteiger charge is -2.29. The van der Waals surface area contributed by atoms with Crippen molar-refractivity contribution in [3.05, 3.63) is 57.8 Å². The van der Waals surface area contributed by atoms with Gasteiger partial charge < -0.3 is 5.32 Å².